The first-order valence-electron chi connectivity index (χ1n) is 10.4. The average Bonchev–Trinajstić information content (AvgIpc) is 2.59. The molecule has 0 aromatic carbocycles. The third-order valence-corrected chi connectivity index (χ3v) is 4.54. The Bertz CT molecular complexity index is 347. The lowest BCUT2D eigenvalue weighted by Crippen LogP contribution is -2.01. The highest BCUT2D eigenvalue weighted by Crippen LogP contribution is 2.13. The maximum Gasteiger partial charge on any atom is 0.328 e. The number of carboxylic acids is 1. The van der Waals surface area contributed by atoms with Gasteiger partial charge in [0.1, 0.15) is 0 Å². The van der Waals surface area contributed by atoms with Crippen LogP contribution in [0.1, 0.15) is 103 Å². The summed E-state index contributed by atoms with van der Waals surface area (Å²) in [6.45, 7) is 2.27. The zero-order valence-electron chi connectivity index (χ0n) is 16.3. The minimum absolute atomic E-state index is 0.462. The van der Waals surface area contributed by atoms with E-state index in [-0.39, 0.29) is 0 Å². The Morgan fingerprint density at radius 2 is 1.20 bits per heavy atom. The number of aliphatic carboxylic acids is 1. The summed E-state index contributed by atoms with van der Waals surface area (Å²) in [6, 6.07) is 0. The molecule has 0 fully saturated rings. The zero-order valence-corrected chi connectivity index (χ0v) is 16.3. The van der Waals surface area contributed by atoms with Gasteiger partial charge in [0.25, 0.3) is 0 Å². The van der Waals surface area contributed by atoms with Crippen molar-refractivity contribution in [2.24, 2.45) is 0 Å². The van der Waals surface area contributed by atoms with Crippen LogP contribution in [0.25, 0.3) is 0 Å². The van der Waals surface area contributed by atoms with Gasteiger partial charge in [0.2, 0.25) is 0 Å². The monoisotopic (exact) mass is 352 g/mol. The molecule has 0 unspecified atom stereocenters. The predicted octanol–water partition coefficient (Wildman–Crippen LogP) is 6.42. The first-order valence-corrected chi connectivity index (χ1v) is 10.4. The number of aliphatic hydroxyl groups is 1. The van der Waals surface area contributed by atoms with Gasteiger partial charge < -0.3 is 10.2 Å². The fourth-order valence-corrected chi connectivity index (χ4v) is 2.97. The van der Waals surface area contributed by atoms with E-state index in [9.17, 15) is 9.90 Å². The first-order chi connectivity index (χ1) is 12.2. The van der Waals surface area contributed by atoms with E-state index >= 15 is 0 Å². The summed E-state index contributed by atoms with van der Waals surface area (Å²) in [7, 11) is 0. The van der Waals surface area contributed by atoms with Crippen molar-refractivity contribution in [2.45, 2.75) is 109 Å². The van der Waals surface area contributed by atoms with Crippen LogP contribution in [0.5, 0.6) is 0 Å². The van der Waals surface area contributed by atoms with E-state index in [1.807, 2.05) is 0 Å². The Morgan fingerprint density at radius 1 is 0.760 bits per heavy atom. The summed E-state index contributed by atoms with van der Waals surface area (Å²) in [5, 5.41) is 18.2. The number of allylic oxidation sites excluding steroid dienone is 2. The maximum absolute atomic E-state index is 10.3. The van der Waals surface area contributed by atoms with Crippen molar-refractivity contribution < 1.29 is 15.0 Å². The summed E-state index contributed by atoms with van der Waals surface area (Å²) in [5.74, 6) is -0.967. The lowest BCUT2D eigenvalue weighted by atomic mass is 10.0. The van der Waals surface area contributed by atoms with Gasteiger partial charge in [-0.15, -0.1) is 0 Å². The van der Waals surface area contributed by atoms with Gasteiger partial charge in [-0.25, -0.2) is 4.79 Å². The number of carboxylic acid groups (broad SMARTS) is 1. The molecule has 0 saturated carbocycles. The molecular formula is C22H40O3. The highest BCUT2D eigenvalue weighted by molar-refractivity contribution is 5.80. The highest BCUT2D eigenvalue weighted by Gasteiger charge is 1.98. The van der Waals surface area contributed by atoms with E-state index < -0.39 is 12.1 Å². The van der Waals surface area contributed by atoms with Crippen LogP contribution in [0.3, 0.4) is 0 Å². The molecule has 0 aliphatic heterocycles. The lowest BCUT2D eigenvalue weighted by Gasteiger charge is -2.05. The molecule has 0 saturated heterocycles. The predicted molar refractivity (Wildman–Crippen MR) is 107 cm³/mol. The van der Waals surface area contributed by atoms with Crippen molar-refractivity contribution in [2.75, 3.05) is 0 Å². The van der Waals surface area contributed by atoms with Gasteiger partial charge in [-0.05, 0) is 6.42 Å². The summed E-state index contributed by atoms with van der Waals surface area (Å²) in [4.78, 5) is 10.3. The summed E-state index contributed by atoms with van der Waals surface area (Å²) in [5.41, 5.74) is 0. The Hall–Kier alpha value is -1.09. The normalized spacial score (nSPS) is 13.0. The number of hydrogen-bond acceptors (Lipinski definition) is 2. The van der Waals surface area contributed by atoms with Crippen molar-refractivity contribution in [1.29, 1.82) is 0 Å². The third kappa shape index (κ3) is 20.9. The molecule has 3 nitrogen and oxygen atoms in total. The van der Waals surface area contributed by atoms with Crippen LogP contribution in [0.2, 0.25) is 0 Å². The molecule has 1 atom stereocenters. The fraction of sp³-hybridized carbons (Fsp3) is 0.773. The van der Waals surface area contributed by atoms with Gasteiger partial charge in [-0.2, -0.15) is 0 Å². The molecule has 3 heteroatoms. The summed E-state index contributed by atoms with van der Waals surface area (Å²) < 4.78 is 0. The topological polar surface area (TPSA) is 57.5 Å². The Kier molecular flexibility index (Phi) is 18.4. The molecule has 0 aliphatic rings. The van der Waals surface area contributed by atoms with E-state index in [4.69, 9.17) is 5.11 Å². The number of hydrogen-bond donors (Lipinski definition) is 2. The molecule has 146 valence electrons. The third-order valence-electron chi connectivity index (χ3n) is 4.54. The van der Waals surface area contributed by atoms with Crippen LogP contribution in [-0.2, 0) is 4.79 Å². The molecule has 0 bridgehead atoms. The molecule has 0 aliphatic carbocycles. The second kappa shape index (κ2) is 19.2. The van der Waals surface area contributed by atoms with Crippen molar-refractivity contribution in [3.8, 4) is 0 Å². The molecule has 25 heavy (non-hydrogen) atoms. The molecule has 0 radical (unpaired) electrons. The van der Waals surface area contributed by atoms with Gasteiger partial charge >= 0.3 is 5.97 Å². The quantitative estimate of drug-likeness (QED) is 0.170. The molecule has 0 aromatic heterocycles. The van der Waals surface area contributed by atoms with E-state index in [1.54, 1.807) is 12.2 Å². The van der Waals surface area contributed by atoms with Gasteiger partial charge in [0.15, 0.2) is 0 Å². The Balaban J connectivity index is 3.24. The molecule has 0 heterocycles. The smallest absolute Gasteiger partial charge is 0.328 e. The molecule has 0 aromatic rings. The van der Waals surface area contributed by atoms with Crippen molar-refractivity contribution >= 4 is 5.97 Å². The number of carbonyl (C=O) groups is 1. The van der Waals surface area contributed by atoms with Gasteiger partial charge in [-0.3, -0.25) is 0 Å². The van der Waals surface area contributed by atoms with Gasteiger partial charge in [0.05, 0.1) is 6.10 Å². The van der Waals surface area contributed by atoms with Crippen molar-refractivity contribution in [3.05, 3.63) is 24.3 Å². The first kappa shape index (κ1) is 23.9. The van der Waals surface area contributed by atoms with Crippen LogP contribution in [0.15, 0.2) is 24.3 Å². The van der Waals surface area contributed by atoms with E-state index in [1.165, 1.54) is 89.5 Å². The molecule has 0 rings (SSSR count). The van der Waals surface area contributed by atoms with E-state index in [0.717, 1.165) is 18.9 Å². The molecule has 2 N–H and O–H groups in total. The minimum Gasteiger partial charge on any atom is -0.478 e. The summed E-state index contributed by atoms with van der Waals surface area (Å²) in [6.07, 6.45) is 24.7. The molecular weight excluding hydrogens is 312 g/mol. The van der Waals surface area contributed by atoms with Crippen LogP contribution in [-0.4, -0.2) is 22.3 Å². The average molecular weight is 353 g/mol. The van der Waals surface area contributed by atoms with Gasteiger partial charge in [0, 0.05) is 6.08 Å². The van der Waals surface area contributed by atoms with Crippen LogP contribution in [0.4, 0.5) is 0 Å². The largest absolute Gasteiger partial charge is 0.478 e. The number of unbranched alkanes of at least 4 members (excludes halogenated alkanes) is 13. The zero-order chi connectivity index (χ0) is 18.6. The second-order valence-electron chi connectivity index (χ2n) is 7.03. The lowest BCUT2D eigenvalue weighted by molar-refractivity contribution is -0.131. The number of rotatable bonds is 18. The van der Waals surface area contributed by atoms with Crippen LogP contribution in [0, 0.1) is 0 Å². The SMILES string of the molecule is CCCCCCCCCCCCCCCC[C@H](O)/C=C\C=C\C(=O)O. The van der Waals surface area contributed by atoms with E-state index in [2.05, 4.69) is 6.92 Å². The van der Waals surface area contributed by atoms with Crippen LogP contribution >= 0.6 is 0 Å². The number of aliphatic hydroxyl groups excluding tert-OH is 1. The van der Waals surface area contributed by atoms with Crippen molar-refractivity contribution in [3.63, 3.8) is 0 Å². The maximum atomic E-state index is 10.3. The molecule has 0 spiro atoms. The van der Waals surface area contributed by atoms with E-state index in [0.29, 0.717) is 0 Å². The summed E-state index contributed by atoms with van der Waals surface area (Å²) >= 11 is 0. The second-order valence-corrected chi connectivity index (χ2v) is 7.03. The Morgan fingerprint density at radius 3 is 1.64 bits per heavy atom. The standard InChI is InChI=1S/C22H40O3/c1-2-3-4-5-6-7-8-9-10-11-12-13-14-15-18-21(23)19-16-17-20-22(24)25/h16-17,19-21,23H,2-15,18H2,1H3,(H,24,25)/b19-16-,20-17+/t21-/m0/s1. The molecule has 0 amide bonds. The highest BCUT2D eigenvalue weighted by atomic mass is 16.4. The Labute approximate surface area is 155 Å². The van der Waals surface area contributed by atoms with Crippen molar-refractivity contribution in [1.82, 2.24) is 0 Å². The fourth-order valence-electron chi connectivity index (χ4n) is 2.97. The minimum atomic E-state index is -0.967. The van der Waals surface area contributed by atoms with Crippen LogP contribution < -0.4 is 0 Å². The van der Waals surface area contributed by atoms with Gasteiger partial charge in [-0.1, -0.05) is 115 Å².